The molecule has 33 heavy (non-hydrogen) atoms. The molecule has 0 bridgehead atoms. The Labute approximate surface area is 190 Å². The van der Waals surface area contributed by atoms with Gasteiger partial charge in [-0.25, -0.2) is 9.78 Å². The molecule has 0 spiro atoms. The molecule has 2 aromatic heterocycles. The lowest BCUT2D eigenvalue weighted by Gasteiger charge is -2.09. The standard InChI is InChI=1S/C25H19BN3O4/c30-24(31)15-32-23-13-22(28-25(29-23)17-6-2-1-3-7-17)26-27-14-16-10-11-21-19(12-16)18-8-4-5-9-20(18)33-21/h1-13,27H,14-15H2,(H,30,31). The largest absolute Gasteiger partial charge is 0.479 e. The van der Waals surface area contributed by atoms with Crippen molar-refractivity contribution in [3.8, 4) is 17.3 Å². The Morgan fingerprint density at radius 2 is 1.73 bits per heavy atom. The third-order valence-electron chi connectivity index (χ3n) is 5.10. The zero-order valence-corrected chi connectivity index (χ0v) is 17.6. The van der Waals surface area contributed by atoms with E-state index in [1.165, 1.54) is 0 Å². The van der Waals surface area contributed by atoms with Gasteiger partial charge in [0.15, 0.2) is 12.4 Å². The van der Waals surface area contributed by atoms with Gasteiger partial charge in [-0.05, 0) is 23.8 Å². The number of nitrogens with zero attached hydrogens (tertiary/aromatic N) is 2. The van der Waals surface area contributed by atoms with Gasteiger partial charge < -0.3 is 19.5 Å². The first-order valence-corrected chi connectivity index (χ1v) is 10.4. The highest BCUT2D eigenvalue weighted by molar-refractivity contribution is 6.49. The van der Waals surface area contributed by atoms with Gasteiger partial charge >= 0.3 is 5.97 Å². The molecule has 8 heteroatoms. The monoisotopic (exact) mass is 436 g/mol. The number of benzene rings is 3. The molecule has 0 aliphatic heterocycles. The van der Waals surface area contributed by atoms with Gasteiger partial charge in [-0.1, -0.05) is 54.6 Å². The van der Waals surface area contributed by atoms with Crippen LogP contribution in [0.1, 0.15) is 5.56 Å². The van der Waals surface area contributed by atoms with Crippen LogP contribution in [0.15, 0.2) is 83.3 Å². The number of aliphatic carboxylic acids is 1. The lowest BCUT2D eigenvalue weighted by atomic mass is 9.88. The molecule has 5 rings (SSSR count). The summed E-state index contributed by atoms with van der Waals surface area (Å²) in [5.74, 6) is -0.413. The number of nitrogens with one attached hydrogen (secondary N) is 1. The normalized spacial score (nSPS) is 11.0. The van der Waals surface area contributed by atoms with Gasteiger partial charge in [0.25, 0.3) is 7.41 Å². The number of aromatic nitrogens is 2. The molecule has 161 valence electrons. The van der Waals surface area contributed by atoms with Crippen molar-refractivity contribution in [3.05, 3.63) is 84.4 Å². The van der Waals surface area contributed by atoms with Gasteiger partial charge in [-0.2, -0.15) is 4.98 Å². The van der Waals surface area contributed by atoms with E-state index in [0.29, 0.717) is 18.0 Å². The summed E-state index contributed by atoms with van der Waals surface area (Å²) in [7, 11) is 1.76. The van der Waals surface area contributed by atoms with E-state index in [0.717, 1.165) is 33.1 Å². The molecule has 0 aliphatic rings. The summed E-state index contributed by atoms with van der Waals surface area (Å²) in [5.41, 5.74) is 4.20. The van der Waals surface area contributed by atoms with E-state index in [1.807, 2.05) is 60.7 Å². The number of carboxylic acids is 1. The van der Waals surface area contributed by atoms with Crippen LogP contribution in [0, 0.1) is 0 Å². The predicted molar refractivity (Wildman–Crippen MR) is 127 cm³/mol. The highest BCUT2D eigenvalue weighted by Crippen LogP contribution is 2.29. The van der Waals surface area contributed by atoms with Crippen molar-refractivity contribution in [2.45, 2.75) is 6.54 Å². The maximum Gasteiger partial charge on any atom is 0.341 e. The maximum atomic E-state index is 10.9. The van der Waals surface area contributed by atoms with E-state index in [-0.39, 0.29) is 5.88 Å². The Balaban J connectivity index is 1.34. The third kappa shape index (κ3) is 4.71. The number of furan rings is 1. The van der Waals surface area contributed by atoms with Gasteiger partial charge in [0.1, 0.15) is 11.2 Å². The summed E-state index contributed by atoms with van der Waals surface area (Å²) in [6.07, 6.45) is 0. The van der Waals surface area contributed by atoms with E-state index in [2.05, 4.69) is 27.3 Å². The highest BCUT2D eigenvalue weighted by atomic mass is 16.5. The lowest BCUT2D eigenvalue weighted by molar-refractivity contribution is -0.139. The number of para-hydroxylation sites is 1. The fourth-order valence-electron chi connectivity index (χ4n) is 3.60. The Hall–Kier alpha value is -4.17. The van der Waals surface area contributed by atoms with E-state index in [9.17, 15) is 4.79 Å². The Morgan fingerprint density at radius 1 is 0.939 bits per heavy atom. The first kappa shape index (κ1) is 20.7. The minimum Gasteiger partial charge on any atom is -0.479 e. The zero-order valence-electron chi connectivity index (χ0n) is 17.6. The fourth-order valence-corrected chi connectivity index (χ4v) is 3.60. The van der Waals surface area contributed by atoms with Crippen molar-refractivity contribution >= 4 is 40.9 Å². The topological polar surface area (TPSA) is 97.5 Å². The van der Waals surface area contributed by atoms with Crippen molar-refractivity contribution in [1.29, 1.82) is 0 Å². The molecule has 0 saturated carbocycles. The molecule has 0 aliphatic carbocycles. The molecule has 3 aromatic carbocycles. The molecule has 0 atom stereocenters. The van der Waals surface area contributed by atoms with Crippen LogP contribution in [0.5, 0.6) is 5.88 Å². The summed E-state index contributed by atoms with van der Waals surface area (Å²) in [6.45, 7) is 0.0994. The number of carbonyl (C=O) groups is 1. The Kier molecular flexibility index (Phi) is 5.74. The van der Waals surface area contributed by atoms with Crippen LogP contribution >= 0.6 is 0 Å². The highest BCUT2D eigenvalue weighted by Gasteiger charge is 2.11. The van der Waals surface area contributed by atoms with E-state index in [4.69, 9.17) is 14.3 Å². The first-order valence-electron chi connectivity index (χ1n) is 10.4. The molecule has 5 aromatic rings. The van der Waals surface area contributed by atoms with E-state index < -0.39 is 12.6 Å². The second-order valence-corrected chi connectivity index (χ2v) is 7.46. The fraction of sp³-hybridized carbons (Fsp3) is 0.0800. The average Bonchev–Trinajstić information content (AvgIpc) is 3.21. The minimum atomic E-state index is -1.07. The Morgan fingerprint density at radius 3 is 2.58 bits per heavy atom. The molecule has 0 saturated heterocycles. The summed E-state index contributed by atoms with van der Waals surface area (Å²) in [5, 5.41) is 14.4. The smallest absolute Gasteiger partial charge is 0.341 e. The van der Waals surface area contributed by atoms with Gasteiger partial charge in [-0.15, -0.1) is 0 Å². The molecule has 0 amide bonds. The van der Waals surface area contributed by atoms with E-state index >= 15 is 0 Å². The van der Waals surface area contributed by atoms with Crippen LogP contribution in [0.2, 0.25) is 0 Å². The van der Waals surface area contributed by atoms with Crippen LogP contribution in [-0.4, -0.2) is 35.1 Å². The van der Waals surface area contributed by atoms with Crippen molar-refractivity contribution in [3.63, 3.8) is 0 Å². The number of fused-ring (bicyclic) bond motifs is 3. The molecule has 7 nitrogen and oxygen atoms in total. The molecule has 0 unspecified atom stereocenters. The molecular formula is C25H19BN3O4. The molecule has 0 fully saturated rings. The number of carboxylic acid groups (broad SMARTS) is 1. The van der Waals surface area contributed by atoms with Crippen LogP contribution in [0.25, 0.3) is 33.3 Å². The molecule has 2 heterocycles. The summed E-state index contributed by atoms with van der Waals surface area (Å²) < 4.78 is 11.2. The Bertz CT molecular complexity index is 1440. The van der Waals surface area contributed by atoms with Crippen LogP contribution in [0.3, 0.4) is 0 Å². The predicted octanol–water partition coefficient (Wildman–Crippen LogP) is 3.54. The van der Waals surface area contributed by atoms with Gasteiger partial charge in [0.05, 0.1) is 0 Å². The van der Waals surface area contributed by atoms with Crippen molar-refractivity contribution in [2.24, 2.45) is 0 Å². The first-order chi connectivity index (χ1) is 16.2. The van der Waals surface area contributed by atoms with Crippen LogP contribution in [-0.2, 0) is 11.3 Å². The summed E-state index contributed by atoms with van der Waals surface area (Å²) >= 11 is 0. The second-order valence-electron chi connectivity index (χ2n) is 7.46. The number of hydrogen-bond donors (Lipinski definition) is 2. The van der Waals surface area contributed by atoms with Gasteiger partial charge in [-0.3, -0.25) is 0 Å². The van der Waals surface area contributed by atoms with Crippen LogP contribution in [0.4, 0.5) is 0 Å². The van der Waals surface area contributed by atoms with Crippen molar-refractivity contribution in [2.75, 3.05) is 6.61 Å². The SMILES string of the molecule is O=C(O)COc1cc([B]NCc2ccc3oc4ccccc4c3c2)nc(-c2ccccc2)n1. The number of hydrogen-bond acceptors (Lipinski definition) is 6. The number of rotatable bonds is 8. The summed E-state index contributed by atoms with van der Waals surface area (Å²) in [6, 6.07) is 25.1. The second kappa shape index (κ2) is 9.14. The average molecular weight is 436 g/mol. The third-order valence-corrected chi connectivity index (χ3v) is 5.10. The summed E-state index contributed by atoms with van der Waals surface area (Å²) in [4.78, 5) is 19.8. The van der Waals surface area contributed by atoms with Crippen molar-refractivity contribution in [1.82, 2.24) is 15.2 Å². The van der Waals surface area contributed by atoms with Crippen molar-refractivity contribution < 1.29 is 19.1 Å². The van der Waals surface area contributed by atoms with E-state index in [1.54, 1.807) is 13.5 Å². The maximum absolute atomic E-state index is 10.9. The zero-order chi connectivity index (χ0) is 22.6. The quantitative estimate of drug-likeness (QED) is 0.359. The molecular weight excluding hydrogens is 417 g/mol. The minimum absolute atomic E-state index is 0.200. The van der Waals surface area contributed by atoms with Crippen LogP contribution < -0.4 is 15.6 Å². The number of ether oxygens (including phenoxy) is 1. The van der Waals surface area contributed by atoms with Gasteiger partial charge in [0.2, 0.25) is 5.88 Å². The molecule has 1 radical (unpaired) electrons. The lowest BCUT2D eigenvalue weighted by Crippen LogP contribution is -2.33. The van der Waals surface area contributed by atoms with Gasteiger partial charge in [0, 0.05) is 34.5 Å². The molecule has 2 N–H and O–H groups in total.